The SMILES string of the molecule is FC[C@@H]1CCCN1c1ccnc(C2CC2)n1. The predicted molar refractivity (Wildman–Crippen MR) is 60.4 cm³/mol. The van der Waals surface area contributed by atoms with Crippen LogP contribution in [-0.2, 0) is 0 Å². The van der Waals surface area contributed by atoms with Gasteiger partial charge in [0.25, 0.3) is 0 Å². The highest BCUT2D eigenvalue weighted by molar-refractivity contribution is 5.40. The molecule has 0 radical (unpaired) electrons. The summed E-state index contributed by atoms with van der Waals surface area (Å²) < 4.78 is 12.8. The molecule has 2 fully saturated rings. The molecule has 86 valence electrons. The Bertz CT molecular complexity index is 378. The largest absolute Gasteiger partial charge is 0.351 e. The van der Waals surface area contributed by atoms with Crippen molar-refractivity contribution in [3.63, 3.8) is 0 Å². The van der Waals surface area contributed by atoms with Gasteiger partial charge >= 0.3 is 0 Å². The van der Waals surface area contributed by atoms with Crippen LogP contribution >= 0.6 is 0 Å². The second-order valence-corrected chi connectivity index (χ2v) is 4.69. The van der Waals surface area contributed by atoms with E-state index in [4.69, 9.17) is 0 Å². The van der Waals surface area contributed by atoms with E-state index in [1.165, 1.54) is 12.8 Å². The summed E-state index contributed by atoms with van der Waals surface area (Å²) in [4.78, 5) is 10.9. The van der Waals surface area contributed by atoms with Gasteiger partial charge in [0.15, 0.2) is 0 Å². The van der Waals surface area contributed by atoms with E-state index in [1.807, 2.05) is 12.3 Å². The first-order chi connectivity index (χ1) is 7.88. The Balaban J connectivity index is 1.84. The van der Waals surface area contributed by atoms with E-state index in [1.54, 1.807) is 0 Å². The van der Waals surface area contributed by atoms with Crippen molar-refractivity contribution in [2.45, 2.75) is 37.6 Å². The van der Waals surface area contributed by atoms with Crippen molar-refractivity contribution in [3.8, 4) is 0 Å². The second-order valence-electron chi connectivity index (χ2n) is 4.69. The van der Waals surface area contributed by atoms with Gasteiger partial charge in [0.2, 0.25) is 0 Å². The predicted octanol–water partition coefficient (Wildman–Crippen LogP) is 2.29. The van der Waals surface area contributed by atoms with Gasteiger partial charge in [-0.1, -0.05) is 0 Å². The van der Waals surface area contributed by atoms with Crippen LogP contribution < -0.4 is 4.90 Å². The number of halogens is 1. The molecule has 0 spiro atoms. The first-order valence-electron chi connectivity index (χ1n) is 6.04. The Kier molecular flexibility index (Phi) is 2.50. The molecular weight excluding hydrogens is 205 g/mol. The van der Waals surface area contributed by atoms with Gasteiger partial charge in [0, 0.05) is 18.7 Å². The third-order valence-electron chi connectivity index (χ3n) is 3.45. The molecule has 0 amide bonds. The van der Waals surface area contributed by atoms with Gasteiger partial charge in [0.1, 0.15) is 18.3 Å². The fraction of sp³-hybridized carbons (Fsp3) is 0.667. The molecule has 0 unspecified atom stereocenters. The van der Waals surface area contributed by atoms with Crippen molar-refractivity contribution >= 4 is 5.82 Å². The maximum atomic E-state index is 12.8. The van der Waals surface area contributed by atoms with Crippen LogP contribution in [-0.4, -0.2) is 29.2 Å². The Labute approximate surface area is 94.7 Å². The number of alkyl halides is 1. The molecule has 2 heterocycles. The molecule has 3 nitrogen and oxygen atoms in total. The van der Waals surface area contributed by atoms with E-state index in [2.05, 4.69) is 14.9 Å². The fourth-order valence-electron chi connectivity index (χ4n) is 2.36. The summed E-state index contributed by atoms with van der Waals surface area (Å²) in [6.45, 7) is 0.651. The Morgan fingerprint density at radius 3 is 3.00 bits per heavy atom. The first-order valence-corrected chi connectivity index (χ1v) is 6.04. The Hall–Kier alpha value is -1.19. The van der Waals surface area contributed by atoms with E-state index in [9.17, 15) is 4.39 Å². The number of hydrogen-bond donors (Lipinski definition) is 0. The topological polar surface area (TPSA) is 29.0 Å². The summed E-state index contributed by atoms with van der Waals surface area (Å²) in [5.41, 5.74) is 0. The third-order valence-corrected chi connectivity index (χ3v) is 3.45. The van der Waals surface area contributed by atoms with Gasteiger partial charge in [-0.3, -0.25) is 0 Å². The molecule has 4 heteroatoms. The molecule has 3 rings (SSSR count). The lowest BCUT2D eigenvalue weighted by atomic mass is 10.2. The molecule has 0 N–H and O–H groups in total. The minimum absolute atomic E-state index is 0.0296. The summed E-state index contributed by atoms with van der Waals surface area (Å²) in [5, 5.41) is 0. The van der Waals surface area contributed by atoms with E-state index in [-0.39, 0.29) is 12.7 Å². The first kappa shape index (κ1) is 10.00. The molecule has 1 atom stereocenters. The van der Waals surface area contributed by atoms with Crippen LogP contribution in [0.1, 0.15) is 37.4 Å². The molecule has 16 heavy (non-hydrogen) atoms. The van der Waals surface area contributed by atoms with Crippen LogP contribution in [0.2, 0.25) is 0 Å². The summed E-state index contributed by atoms with van der Waals surface area (Å²) in [6, 6.07) is 1.93. The van der Waals surface area contributed by atoms with Crippen molar-refractivity contribution in [1.29, 1.82) is 0 Å². The van der Waals surface area contributed by atoms with E-state index in [0.717, 1.165) is 31.0 Å². The number of rotatable bonds is 3. The van der Waals surface area contributed by atoms with Gasteiger partial charge in [-0.05, 0) is 31.7 Å². The summed E-state index contributed by atoms with van der Waals surface area (Å²) >= 11 is 0. The maximum absolute atomic E-state index is 12.8. The standard InChI is InChI=1S/C12H16FN3/c13-8-10-2-1-7-16(10)11-5-6-14-12(15-11)9-3-4-9/h5-6,9-10H,1-4,7-8H2/t10-/m0/s1. The van der Waals surface area contributed by atoms with E-state index < -0.39 is 0 Å². The summed E-state index contributed by atoms with van der Waals surface area (Å²) in [5.74, 6) is 2.42. The highest BCUT2D eigenvalue weighted by Crippen LogP contribution is 2.38. The number of anilines is 1. The zero-order valence-electron chi connectivity index (χ0n) is 9.27. The van der Waals surface area contributed by atoms with Crippen molar-refractivity contribution < 1.29 is 4.39 Å². The Morgan fingerprint density at radius 2 is 2.25 bits per heavy atom. The molecule has 1 aliphatic heterocycles. The fourth-order valence-corrected chi connectivity index (χ4v) is 2.36. The van der Waals surface area contributed by atoms with Gasteiger partial charge in [-0.2, -0.15) is 0 Å². The van der Waals surface area contributed by atoms with Crippen molar-refractivity contribution in [2.75, 3.05) is 18.1 Å². The monoisotopic (exact) mass is 221 g/mol. The third kappa shape index (κ3) is 1.77. The zero-order chi connectivity index (χ0) is 11.0. The summed E-state index contributed by atoms with van der Waals surface area (Å²) in [7, 11) is 0. The van der Waals surface area contributed by atoms with Crippen molar-refractivity contribution in [3.05, 3.63) is 18.1 Å². The summed E-state index contributed by atoms with van der Waals surface area (Å²) in [6.07, 6.45) is 6.23. The van der Waals surface area contributed by atoms with Crippen molar-refractivity contribution in [2.24, 2.45) is 0 Å². The van der Waals surface area contributed by atoms with Crippen LogP contribution in [0.3, 0.4) is 0 Å². The van der Waals surface area contributed by atoms with Crippen LogP contribution in [0, 0.1) is 0 Å². The lowest BCUT2D eigenvalue weighted by molar-refractivity contribution is 0.427. The molecular formula is C12H16FN3. The lowest BCUT2D eigenvalue weighted by Crippen LogP contribution is -2.31. The molecule has 1 aromatic rings. The van der Waals surface area contributed by atoms with Gasteiger partial charge in [-0.25, -0.2) is 14.4 Å². The van der Waals surface area contributed by atoms with E-state index in [0.29, 0.717) is 5.92 Å². The minimum atomic E-state index is -0.275. The molecule has 1 saturated heterocycles. The zero-order valence-corrected chi connectivity index (χ0v) is 9.27. The van der Waals surface area contributed by atoms with Crippen LogP contribution in [0.4, 0.5) is 10.2 Å². The highest BCUT2D eigenvalue weighted by Gasteiger charge is 2.29. The molecule has 2 aliphatic rings. The van der Waals surface area contributed by atoms with Gasteiger partial charge in [0.05, 0.1) is 6.04 Å². The highest BCUT2D eigenvalue weighted by atomic mass is 19.1. The van der Waals surface area contributed by atoms with Crippen LogP contribution in [0.25, 0.3) is 0 Å². The van der Waals surface area contributed by atoms with Crippen LogP contribution in [0.5, 0.6) is 0 Å². The quantitative estimate of drug-likeness (QED) is 0.784. The number of aromatic nitrogens is 2. The molecule has 1 aromatic heterocycles. The van der Waals surface area contributed by atoms with E-state index >= 15 is 0 Å². The molecule has 0 aromatic carbocycles. The maximum Gasteiger partial charge on any atom is 0.133 e. The average molecular weight is 221 g/mol. The molecule has 1 saturated carbocycles. The lowest BCUT2D eigenvalue weighted by Gasteiger charge is -2.23. The minimum Gasteiger partial charge on any atom is -0.351 e. The average Bonchev–Trinajstić information content (AvgIpc) is 3.07. The second kappa shape index (κ2) is 4.00. The van der Waals surface area contributed by atoms with Gasteiger partial charge in [-0.15, -0.1) is 0 Å². The smallest absolute Gasteiger partial charge is 0.133 e. The molecule has 1 aliphatic carbocycles. The number of nitrogens with zero attached hydrogens (tertiary/aromatic N) is 3. The van der Waals surface area contributed by atoms with Crippen molar-refractivity contribution in [1.82, 2.24) is 9.97 Å². The normalized spacial score (nSPS) is 25.1. The Morgan fingerprint density at radius 1 is 1.38 bits per heavy atom. The number of hydrogen-bond acceptors (Lipinski definition) is 3. The molecule has 0 bridgehead atoms. The van der Waals surface area contributed by atoms with Crippen LogP contribution in [0.15, 0.2) is 12.3 Å². The van der Waals surface area contributed by atoms with Gasteiger partial charge < -0.3 is 4.90 Å².